The van der Waals surface area contributed by atoms with Crippen LogP contribution in [0.5, 0.6) is 0 Å². The van der Waals surface area contributed by atoms with Gasteiger partial charge in [-0.15, -0.1) is 11.3 Å². The van der Waals surface area contributed by atoms with Crippen molar-refractivity contribution in [1.82, 2.24) is 19.5 Å². The van der Waals surface area contributed by atoms with Crippen LogP contribution in [0.25, 0.3) is 93.0 Å². The lowest BCUT2D eigenvalue weighted by Gasteiger charge is -2.34. The Morgan fingerprint density at radius 1 is 0.319 bits per heavy atom. The van der Waals surface area contributed by atoms with Gasteiger partial charge in [-0.2, -0.15) is 0 Å². The third-order valence-corrected chi connectivity index (χ3v) is 19.7. The topological polar surface area (TPSA) is 43.6 Å². The molecule has 0 radical (unpaired) electrons. The molecule has 0 fully saturated rings. The fraction of sp³-hybridized carbons (Fsp3) is 0. The molecule has 0 N–H and O–H groups in total. The monoisotopic (exact) mass is 914 g/mol. The van der Waals surface area contributed by atoms with Crippen LogP contribution in [0.15, 0.2) is 255 Å². The molecule has 0 bridgehead atoms. The summed E-state index contributed by atoms with van der Waals surface area (Å²) in [5, 5.41) is 10.2. The highest BCUT2D eigenvalue weighted by Crippen LogP contribution is 2.43. The van der Waals surface area contributed by atoms with Gasteiger partial charge in [-0.05, 0) is 56.6 Å². The van der Waals surface area contributed by atoms with E-state index in [0.29, 0.717) is 17.5 Å². The molecule has 6 heteroatoms. The summed E-state index contributed by atoms with van der Waals surface area (Å²) in [4.78, 5) is 16.2. The van der Waals surface area contributed by atoms with Crippen LogP contribution in [0.3, 0.4) is 0 Å². The molecule has 324 valence electrons. The van der Waals surface area contributed by atoms with Crippen molar-refractivity contribution in [3.05, 3.63) is 255 Å². The van der Waals surface area contributed by atoms with Crippen molar-refractivity contribution in [3.63, 3.8) is 0 Å². The predicted octanol–water partition coefficient (Wildman–Crippen LogP) is 13.4. The molecule has 0 aliphatic rings. The molecule has 3 heterocycles. The maximum absolute atomic E-state index is 5.42. The Kier molecular flexibility index (Phi) is 10.00. The van der Waals surface area contributed by atoms with Gasteiger partial charge in [-0.3, -0.25) is 0 Å². The van der Waals surface area contributed by atoms with E-state index < -0.39 is 8.07 Å². The molecule has 0 spiro atoms. The maximum Gasteiger partial charge on any atom is 0.179 e. The van der Waals surface area contributed by atoms with Gasteiger partial charge in [0.15, 0.2) is 25.5 Å². The van der Waals surface area contributed by atoms with E-state index in [-0.39, 0.29) is 0 Å². The average Bonchev–Trinajstić information content (AvgIpc) is 3.98. The minimum atomic E-state index is -2.76. The van der Waals surface area contributed by atoms with Gasteiger partial charge in [0.2, 0.25) is 0 Å². The third kappa shape index (κ3) is 6.83. The normalized spacial score (nSPS) is 11.8. The van der Waals surface area contributed by atoms with Gasteiger partial charge in [0.05, 0.1) is 11.0 Å². The number of fused-ring (bicyclic) bond motifs is 6. The van der Waals surface area contributed by atoms with E-state index in [2.05, 4.69) is 259 Å². The molecular weight excluding hydrogens is 873 g/mol. The van der Waals surface area contributed by atoms with Crippen molar-refractivity contribution in [3.8, 4) is 51.0 Å². The first-order valence-corrected chi connectivity index (χ1v) is 26.2. The van der Waals surface area contributed by atoms with E-state index in [4.69, 9.17) is 15.0 Å². The second kappa shape index (κ2) is 17.0. The molecule has 0 saturated carbocycles. The number of benzene rings is 10. The van der Waals surface area contributed by atoms with E-state index >= 15 is 0 Å². The Morgan fingerprint density at radius 3 is 1.42 bits per heavy atom. The highest BCUT2D eigenvalue weighted by atomic mass is 32.1. The van der Waals surface area contributed by atoms with E-state index in [9.17, 15) is 0 Å². The molecule has 0 unspecified atom stereocenters. The summed E-state index contributed by atoms with van der Waals surface area (Å²) in [5.74, 6) is 1.85. The Balaban J connectivity index is 1.01. The molecule has 0 aliphatic carbocycles. The first kappa shape index (κ1) is 40.7. The first-order valence-electron chi connectivity index (χ1n) is 23.3. The third-order valence-electron chi connectivity index (χ3n) is 13.6. The lowest BCUT2D eigenvalue weighted by Crippen LogP contribution is -2.74. The van der Waals surface area contributed by atoms with E-state index in [1.54, 1.807) is 0 Å². The smallest absolute Gasteiger partial charge is 0.179 e. The second-order valence-electron chi connectivity index (χ2n) is 17.5. The van der Waals surface area contributed by atoms with Gasteiger partial charge in [0, 0.05) is 58.9 Å². The molecular formula is C63H42N4SSi. The van der Waals surface area contributed by atoms with Crippen LogP contribution in [0.2, 0.25) is 0 Å². The molecule has 10 aromatic carbocycles. The standard InChI is InChI=1S/C63H42N4SSi/c1-4-22-46(23-5-1)69(47-24-6-2-7-25-47,48-26-8-3-9-27-48)49-40-38-43(39-41-49)61-64-62(44-20-18-21-45(42-44)67-57-35-15-12-29-51(57)52-30-13-16-36-58(52)67)66-63(65-61)56-32-11-10-28-50(56)54-33-19-34-55-53-31-14-17-37-59(53)68-60(54)55/h1-42H. The molecule has 13 rings (SSSR count). The first-order chi connectivity index (χ1) is 34.2. The molecule has 0 atom stereocenters. The zero-order chi connectivity index (χ0) is 45.7. The van der Waals surface area contributed by atoms with Crippen molar-refractivity contribution in [1.29, 1.82) is 0 Å². The highest BCUT2D eigenvalue weighted by Gasteiger charge is 2.41. The number of nitrogens with zero attached hydrogens (tertiary/aromatic N) is 4. The summed E-state index contributed by atoms with van der Waals surface area (Å²) in [5.41, 5.74) is 8.36. The van der Waals surface area contributed by atoms with Crippen LogP contribution in [0.1, 0.15) is 0 Å². The Labute approximate surface area is 405 Å². The molecule has 69 heavy (non-hydrogen) atoms. The Hall–Kier alpha value is -8.55. The highest BCUT2D eigenvalue weighted by molar-refractivity contribution is 7.26. The van der Waals surface area contributed by atoms with Gasteiger partial charge in [-0.1, -0.05) is 224 Å². The van der Waals surface area contributed by atoms with E-state index in [1.165, 1.54) is 51.7 Å². The van der Waals surface area contributed by atoms with Gasteiger partial charge in [-0.25, -0.2) is 15.0 Å². The minimum Gasteiger partial charge on any atom is -0.309 e. The van der Waals surface area contributed by atoms with Crippen LogP contribution in [0, 0.1) is 0 Å². The number of hydrogen-bond donors (Lipinski definition) is 0. The second-order valence-corrected chi connectivity index (χ2v) is 22.3. The number of aromatic nitrogens is 4. The van der Waals surface area contributed by atoms with Gasteiger partial charge in [0.25, 0.3) is 0 Å². The number of hydrogen-bond acceptors (Lipinski definition) is 4. The molecule has 0 aliphatic heterocycles. The van der Waals surface area contributed by atoms with Crippen molar-refractivity contribution in [2.24, 2.45) is 0 Å². The fourth-order valence-corrected chi connectivity index (χ4v) is 16.5. The molecule has 3 aromatic heterocycles. The SMILES string of the molecule is c1ccc([Si](c2ccccc2)(c2ccccc2)c2ccc(-c3nc(-c4cccc(-n5c6ccccc6c6ccccc65)c4)nc(-c4ccccc4-c4cccc5c4sc4ccccc45)n3)cc2)cc1. The zero-order valence-electron chi connectivity index (χ0n) is 37.4. The van der Waals surface area contributed by atoms with Crippen molar-refractivity contribution < 1.29 is 0 Å². The van der Waals surface area contributed by atoms with Crippen LogP contribution in [0.4, 0.5) is 0 Å². The molecule has 4 nitrogen and oxygen atoms in total. The summed E-state index contributed by atoms with van der Waals surface area (Å²) >= 11 is 1.83. The number of thiophene rings is 1. The van der Waals surface area contributed by atoms with E-state index in [1.807, 2.05) is 11.3 Å². The Bertz CT molecular complexity index is 3860. The molecule has 13 aromatic rings. The van der Waals surface area contributed by atoms with E-state index in [0.717, 1.165) is 44.5 Å². The summed E-state index contributed by atoms with van der Waals surface area (Å²) < 4.78 is 4.87. The largest absolute Gasteiger partial charge is 0.309 e. The molecule has 0 saturated heterocycles. The minimum absolute atomic E-state index is 0.609. The summed E-state index contributed by atoms with van der Waals surface area (Å²) in [7, 11) is -2.76. The lowest BCUT2D eigenvalue weighted by atomic mass is 9.97. The average molecular weight is 915 g/mol. The van der Waals surface area contributed by atoms with Gasteiger partial charge in [0.1, 0.15) is 0 Å². The van der Waals surface area contributed by atoms with Gasteiger partial charge >= 0.3 is 0 Å². The zero-order valence-corrected chi connectivity index (χ0v) is 39.3. The Morgan fingerprint density at radius 2 is 0.783 bits per heavy atom. The summed E-state index contributed by atoms with van der Waals surface area (Å²) in [6.45, 7) is 0. The van der Waals surface area contributed by atoms with Crippen LogP contribution >= 0.6 is 11.3 Å². The number of rotatable bonds is 9. The fourth-order valence-electron chi connectivity index (χ4n) is 10.5. The molecule has 0 amide bonds. The van der Waals surface area contributed by atoms with Gasteiger partial charge < -0.3 is 4.57 Å². The van der Waals surface area contributed by atoms with Crippen molar-refractivity contribution >= 4 is 82.1 Å². The van der Waals surface area contributed by atoms with Crippen molar-refractivity contribution in [2.45, 2.75) is 0 Å². The maximum atomic E-state index is 5.42. The van der Waals surface area contributed by atoms with Crippen LogP contribution < -0.4 is 20.7 Å². The quantitative estimate of drug-likeness (QED) is 0.107. The summed E-state index contributed by atoms with van der Waals surface area (Å²) in [6.07, 6.45) is 0. The van der Waals surface area contributed by atoms with Crippen LogP contribution in [-0.2, 0) is 0 Å². The lowest BCUT2D eigenvalue weighted by molar-refractivity contribution is 1.07. The number of para-hydroxylation sites is 2. The predicted molar refractivity (Wildman–Crippen MR) is 292 cm³/mol. The van der Waals surface area contributed by atoms with Crippen LogP contribution in [-0.4, -0.2) is 27.6 Å². The van der Waals surface area contributed by atoms with Crippen molar-refractivity contribution in [2.75, 3.05) is 0 Å². The summed E-state index contributed by atoms with van der Waals surface area (Å²) in [6, 6.07) is 92.0.